The van der Waals surface area contributed by atoms with Gasteiger partial charge in [-0.3, -0.25) is 30.0 Å². The molecule has 2 heterocycles. The summed E-state index contributed by atoms with van der Waals surface area (Å²) < 4.78 is 0. The van der Waals surface area contributed by atoms with Gasteiger partial charge in [0.05, 0.1) is 9.85 Å². The highest BCUT2D eigenvalue weighted by Gasteiger charge is 2.03. The first kappa shape index (κ1) is 15.8. The van der Waals surface area contributed by atoms with Crippen molar-refractivity contribution in [3.63, 3.8) is 0 Å². The molecule has 0 aliphatic rings. The largest absolute Gasteiger partial charge is 0.296 e. The summed E-state index contributed by atoms with van der Waals surface area (Å²) in [5.74, 6) is 0. The topological polar surface area (TPSA) is 129 Å². The van der Waals surface area contributed by atoms with Crippen molar-refractivity contribution in [1.82, 2.24) is 9.97 Å². The molecule has 0 aliphatic carbocycles. The fourth-order valence-corrected chi connectivity index (χ4v) is 1.14. The Morgan fingerprint density at radius 2 is 1.48 bits per heavy atom. The number of aromatic nitrogens is 2. The highest BCUT2D eigenvalue weighted by atomic mass is 16.6. The van der Waals surface area contributed by atoms with Crippen LogP contribution in [0.2, 0.25) is 0 Å². The zero-order chi connectivity index (χ0) is 15.8. The van der Waals surface area contributed by atoms with Crippen LogP contribution in [-0.4, -0.2) is 26.1 Å². The Hall–Kier alpha value is -3.23. The van der Waals surface area contributed by atoms with Crippen molar-refractivity contribution >= 4 is 17.7 Å². The molecule has 9 heteroatoms. The first-order valence-electron chi connectivity index (χ1n) is 5.56. The lowest BCUT2D eigenvalue weighted by atomic mass is 10.3. The molecule has 21 heavy (non-hydrogen) atoms. The van der Waals surface area contributed by atoms with E-state index in [2.05, 4.69) is 9.97 Å². The molecule has 0 atom stereocenters. The zero-order valence-corrected chi connectivity index (χ0v) is 10.9. The van der Waals surface area contributed by atoms with Crippen molar-refractivity contribution in [2.75, 3.05) is 0 Å². The van der Waals surface area contributed by atoms with Gasteiger partial charge in [0.1, 0.15) is 18.1 Å². The number of hydrogen-bond acceptors (Lipinski definition) is 7. The number of rotatable bonds is 3. The number of pyridine rings is 2. The van der Waals surface area contributed by atoms with E-state index in [1.807, 2.05) is 0 Å². The monoisotopic (exact) mass is 290 g/mol. The quantitative estimate of drug-likeness (QED) is 0.480. The van der Waals surface area contributed by atoms with Crippen molar-refractivity contribution < 1.29 is 14.6 Å². The fraction of sp³-hybridized carbons (Fsp3) is 0.0833. The van der Waals surface area contributed by atoms with Gasteiger partial charge in [0.25, 0.3) is 11.4 Å². The Balaban J connectivity index is 0.000000211. The summed E-state index contributed by atoms with van der Waals surface area (Å²) in [6.07, 6.45) is 2.82. The first-order valence-corrected chi connectivity index (χ1v) is 5.56. The fourth-order valence-electron chi connectivity index (χ4n) is 1.14. The Morgan fingerprint density at radius 1 is 0.952 bits per heavy atom. The molecule has 0 aliphatic heterocycles. The molecule has 2 aromatic heterocycles. The predicted octanol–water partition coefficient (Wildman–Crippen LogP) is 2.10. The van der Waals surface area contributed by atoms with Gasteiger partial charge >= 0.3 is 0 Å². The highest BCUT2D eigenvalue weighted by Crippen LogP contribution is 2.07. The number of nitro groups is 2. The van der Waals surface area contributed by atoms with E-state index in [-0.39, 0.29) is 17.1 Å². The molecule has 0 aromatic carbocycles. The number of hydrogen-bond donors (Lipinski definition) is 0. The molecule has 9 nitrogen and oxygen atoms in total. The Kier molecular flexibility index (Phi) is 5.56. The Morgan fingerprint density at radius 3 is 1.81 bits per heavy atom. The minimum atomic E-state index is -0.568. The van der Waals surface area contributed by atoms with Gasteiger partial charge in [0, 0.05) is 17.8 Å². The van der Waals surface area contributed by atoms with E-state index in [4.69, 9.17) is 0 Å². The van der Waals surface area contributed by atoms with Gasteiger partial charge in [-0.05, 0) is 19.1 Å². The van der Waals surface area contributed by atoms with Crippen LogP contribution in [0.1, 0.15) is 16.2 Å². The molecule has 108 valence electrons. The smallest absolute Gasteiger partial charge is 0.287 e. The van der Waals surface area contributed by atoms with E-state index < -0.39 is 9.85 Å². The average Bonchev–Trinajstić information content (AvgIpc) is 2.48. The minimum Gasteiger partial charge on any atom is -0.296 e. The van der Waals surface area contributed by atoms with Gasteiger partial charge in [-0.25, -0.2) is 4.98 Å². The van der Waals surface area contributed by atoms with Crippen LogP contribution in [0, 0.1) is 27.2 Å². The number of carbonyl (C=O) groups excluding carboxylic acids is 1. The average molecular weight is 290 g/mol. The normalized spacial score (nSPS) is 9.19. The standard InChI is InChI=1S/C6H4N2O3.C6H6N2O2/c9-4-5-1-2-6(3-7-5)8(10)11;1-5-2-3-6(4-7-5)8(9)10/h1-4H;2-4H,1H3. The second-order valence-electron chi connectivity index (χ2n) is 3.73. The molecule has 0 unspecified atom stereocenters. The van der Waals surface area contributed by atoms with Gasteiger partial charge in [0.15, 0.2) is 6.29 Å². The van der Waals surface area contributed by atoms with Crippen molar-refractivity contribution in [3.8, 4) is 0 Å². The van der Waals surface area contributed by atoms with E-state index in [1.54, 1.807) is 13.0 Å². The molecule has 0 saturated carbocycles. The first-order chi connectivity index (χ1) is 9.93. The van der Waals surface area contributed by atoms with E-state index in [0.29, 0.717) is 6.29 Å². The number of nitrogens with zero attached hydrogens (tertiary/aromatic N) is 4. The lowest BCUT2D eigenvalue weighted by Gasteiger charge is -1.89. The SMILES string of the molecule is Cc1ccc([N+](=O)[O-])cn1.O=Cc1ccc([N+](=O)[O-])cn1. The summed E-state index contributed by atoms with van der Waals surface area (Å²) in [4.78, 5) is 36.4. The van der Waals surface area contributed by atoms with Gasteiger partial charge < -0.3 is 0 Å². The summed E-state index contributed by atoms with van der Waals surface area (Å²) >= 11 is 0. The maximum atomic E-state index is 10.1. The second kappa shape index (κ2) is 7.38. The zero-order valence-electron chi connectivity index (χ0n) is 10.9. The van der Waals surface area contributed by atoms with Gasteiger partial charge in [0.2, 0.25) is 0 Å². The van der Waals surface area contributed by atoms with E-state index >= 15 is 0 Å². The van der Waals surface area contributed by atoms with Crippen molar-refractivity contribution in [2.24, 2.45) is 0 Å². The van der Waals surface area contributed by atoms with Crippen LogP contribution in [0.4, 0.5) is 11.4 Å². The van der Waals surface area contributed by atoms with Crippen LogP contribution in [-0.2, 0) is 0 Å². The van der Waals surface area contributed by atoms with Crippen LogP contribution < -0.4 is 0 Å². The van der Waals surface area contributed by atoms with E-state index in [9.17, 15) is 25.0 Å². The maximum absolute atomic E-state index is 10.1. The van der Waals surface area contributed by atoms with E-state index in [1.165, 1.54) is 24.4 Å². The lowest BCUT2D eigenvalue weighted by Crippen LogP contribution is -1.91. The molecule has 0 N–H and O–H groups in total. The highest BCUT2D eigenvalue weighted by molar-refractivity contribution is 5.71. The van der Waals surface area contributed by atoms with Gasteiger partial charge in [-0.1, -0.05) is 0 Å². The summed E-state index contributed by atoms with van der Waals surface area (Å²) in [7, 11) is 0. The van der Waals surface area contributed by atoms with Crippen molar-refractivity contribution in [1.29, 1.82) is 0 Å². The van der Waals surface area contributed by atoms with Crippen LogP contribution in [0.15, 0.2) is 36.7 Å². The molecule has 0 spiro atoms. The third-order valence-corrected chi connectivity index (χ3v) is 2.21. The number of aryl methyl sites for hydroxylation is 1. The van der Waals surface area contributed by atoms with Crippen LogP contribution >= 0.6 is 0 Å². The summed E-state index contributed by atoms with van der Waals surface area (Å²) in [6.45, 7) is 1.78. The molecule has 2 aromatic rings. The summed E-state index contributed by atoms with van der Waals surface area (Å²) in [6, 6.07) is 5.57. The van der Waals surface area contributed by atoms with Crippen LogP contribution in [0.25, 0.3) is 0 Å². The molecule has 0 bridgehead atoms. The Labute approximate surface area is 118 Å². The maximum Gasteiger partial charge on any atom is 0.287 e. The molecule has 0 fully saturated rings. The van der Waals surface area contributed by atoms with Crippen molar-refractivity contribution in [2.45, 2.75) is 6.92 Å². The third-order valence-electron chi connectivity index (χ3n) is 2.21. The summed E-state index contributed by atoms with van der Waals surface area (Å²) in [5.41, 5.74) is 0.891. The van der Waals surface area contributed by atoms with E-state index in [0.717, 1.165) is 11.9 Å². The van der Waals surface area contributed by atoms with Crippen molar-refractivity contribution in [3.05, 3.63) is 68.3 Å². The van der Waals surface area contributed by atoms with Gasteiger partial charge in [-0.2, -0.15) is 0 Å². The number of carbonyl (C=O) groups is 1. The minimum absolute atomic E-state index is 0.0330. The lowest BCUT2D eigenvalue weighted by molar-refractivity contribution is -0.385. The molecule has 2 rings (SSSR count). The van der Waals surface area contributed by atoms with Crippen LogP contribution in [0.3, 0.4) is 0 Å². The molecule has 0 amide bonds. The second-order valence-corrected chi connectivity index (χ2v) is 3.73. The third kappa shape index (κ3) is 5.11. The number of aldehydes is 1. The summed E-state index contributed by atoms with van der Waals surface area (Å²) in [5, 5.41) is 20.2. The molecular formula is C12H10N4O5. The van der Waals surface area contributed by atoms with Crippen LogP contribution in [0.5, 0.6) is 0 Å². The molecule has 0 radical (unpaired) electrons. The molecule has 0 saturated heterocycles. The predicted molar refractivity (Wildman–Crippen MR) is 71.9 cm³/mol. The molecular weight excluding hydrogens is 280 g/mol. The van der Waals surface area contributed by atoms with Gasteiger partial charge in [-0.15, -0.1) is 0 Å². The Bertz CT molecular complexity index is 640.